The molecule has 0 saturated heterocycles. The lowest BCUT2D eigenvalue weighted by molar-refractivity contribution is 0.578. The molecular weight excluding hydrogens is 214 g/mol. The van der Waals surface area contributed by atoms with Gasteiger partial charge in [0.15, 0.2) is 0 Å². The third-order valence-corrected chi connectivity index (χ3v) is 3.64. The molecule has 0 aliphatic heterocycles. The predicted octanol–water partition coefficient (Wildman–Crippen LogP) is 3.64. The Balaban J connectivity index is 1.78. The molecule has 0 aliphatic rings. The van der Waals surface area contributed by atoms with Gasteiger partial charge in [0.05, 0.1) is 0 Å². The van der Waals surface area contributed by atoms with Crippen LogP contribution in [0.1, 0.15) is 23.4 Å². The zero-order valence-electron chi connectivity index (χ0n) is 9.52. The van der Waals surface area contributed by atoms with Gasteiger partial charge in [-0.1, -0.05) is 36.4 Å². The van der Waals surface area contributed by atoms with E-state index in [1.807, 2.05) is 11.3 Å². The Morgan fingerprint density at radius 2 is 1.94 bits per heavy atom. The summed E-state index contributed by atoms with van der Waals surface area (Å²) >= 11 is 1.83. The van der Waals surface area contributed by atoms with Crippen LogP contribution in [0.15, 0.2) is 47.8 Å². The van der Waals surface area contributed by atoms with Crippen molar-refractivity contribution in [2.24, 2.45) is 0 Å². The minimum atomic E-state index is 0.432. The molecule has 16 heavy (non-hydrogen) atoms. The van der Waals surface area contributed by atoms with Crippen molar-refractivity contribution in [3.8, 4) is 0 Å². The molecule has 0 aliphatic carbocycles. The summed E-state index contributed by atoms with van der Waals surface area (Å²) in [6, 6.07) is 15.3. The maximum absolute atomic E-state index is 3.54. The van der Waals surface area contributed by atoms with Crippen molar-refractivity contribution in [3.05, 3.63) is 58.3 Å². The molecule has 1 atom stereocenters. The van der Waals surface area contributed by atoms with Gasteiger partial charge in [0.25, 0.3) is 0 Å². The smallest absolute Gasteiger partial charge is 0.0291 e. The van der Waals surface area contributed by atoms with E-state index in [-0.39, 0.29) is 0 Å². The quantitative estimate of drug-likeness (QED) is 0.828. The van der Waals surface area contributed by atoms with E-state index in [4.69, 9.17) is 0 Å². The summed E-state index contributed by atoms with van der Waals surface area (Å²) in [7, 11) is 0. The molecule has 2 rings (SSSR count). The summed E-state index contributed by atoms with van der Waals surface area (Å²) in [5.41, 5.74) is 1.36. The van der Waals surface area contributed by atoms with E-state index in [1.165, 1.54) is 10.4 Å². The Kier molecular flexibility index (Phi) is 4.14. The minimum absolute atomic E-state index is 0.432. The highest BCUT2D eigenvalue weighted by Gasteiger charge is 2.03. The van der Waals surface area contributed by atoms with Crippen molar-refractivity contribution < 1.29 is 0 Å². The Morgan fingerprint density at radius 3 is 2.62 bits per heavy atom. The number of benzene rings is 1. The summed E-state index contributed by atoms with van der Waals surface area (Å²) < 4.78 is 0. The van der Waals surface area contributed by atoms with E-state index < -0.39 is 0 Å². The average molecular weight is 231 g/mol. The van der Waals surface area contributed by atoms with Gasteiger partial charge < -0.3 is 5.32 Å². The van der Waals surface area contributed by atoms with Gasteiger partial charge in [-0.15, -0.1) is 11.3 Å². The van der Waals surface area contributed by atoms with Crippen molar-refractivity contribution in [1.82, 2.24) is 5.32 Å². The zero-order chi connectivity index (χ0) is 11.2. The van der Waals surface area contributed by atoms with Gasteiger partial charge in [0.1, 0.15) is 0 Å². The second-order valence-electron chi connectivity index (χ2n) is 3.92. The summed E-state index contributed by atoms with van der Waals surface area (Å²) in [4.78, 5) is 1.45. The van der Waals surface area contributed by atoms with E-state index in [0.717, 1.165) is 13.0 Å². The van der Waals surface area contributed by atoms with Crippen LogP contribution in [0.5, 0.6) is 0 Å². The third-order valence-electron chi connectivity index (χ3n) is 2.70. The molecular formula is C14H17NS. The van der Waals surface area contributed by atoms with Crippen LogP contribution in [0.4, 0.5) is 0 Å². The molecule has 0 bridgehead atoms. The lowest BCUT2D eigenvalue weighted by atomic mass is 10.1. The molecule has 0 saturated carbocycles. The minimum Gasteiger partial charge on any atom is -0.310 e. The fourth-order valence-electron chi connectivity index (χ4n) is 1.73. The summed E-state index contributed by atoms with van der Waals surface area (Å²) in [5, 5.41) is 5.68. The number of nitrogens with one attached hydrogen (secondary N) is 1. The van der Waals surface area contributed by atoms with Gasteiger partial charge in [-0.2, -0.15) is 0 Å². The van der Waals surface area contributed by atoms with Crippen molar-refractivity contribution in [2.75, 3.05) is 6.54 Å². The highest BCUT2D eigenvalue weighted by molar-refractivity contribution is 7.09. The van der Waals surface area contributed by atoms with E-state index in [9.17, 15) is 0 Å². The number of rotatable bonds is 5. The van der Waals surface area contributed by atoms with Crippen molar-refractivity contribution in [3.63, 3.8) is 0 Å². The predicted molar refractivity (Wildman–Crippen MR) is 70.9 cm³/mol. The van der Waals surface area contributed by atoms with E-state index >= 15 is 0 Å². The van der Waals surface area contributed by atoms with Crippen molar-refractivity contribution >= 4 is 11.3 Å². The Hall–Kier alpha value is -1.12. The van der Waals surface area contributed by atoms with Gasteiger partial charge in [0.2, 0.25) is 0 Å². The standard InChI is InChI=1S/C14H17NS/c1-12(13-6-3-2-4-7-13)15-10-9-14-8-5-11-16-14/h2-8,11-12,15H,9-10H2,1H3/t12-/m1/s1. The van der Waals surface area contributed by atoms with Gasteiger partial charge in [0, 0.05) is 17.5 Å². The molecule has 0 unspecified atom stereocenters. The Morgan fingerprint density at radius 1 is 1.12 bits per heavy atom. The molecule has 84 valence electrons. The van der Waals surface area contributed by atoms with Gasteiger partial charge in [-0.05, 0) is 30.4 Å². The lowest BCUT2D eigenvalue weighted by Crippen LogP contribution is -2.20. The maximum atomic E-state index is 3.54. The van der Waals surface area contributed by atoms with E-state index in [2.05, 4.69) is 60.1 Å². The molecule has 0 spiro atoms. The number of hydrogen-bond donors (Lipinski definition) is 1. The first-order valence-electron chi connectivity index (χ1n) is 5.67. The molecule has 1 aromatic heterocycles. The highest BCUT2D eigenvalue weighted by Crippen LogP contribution is 2.12. The van der Waals surface area contributed by atoms with Crippen LogP contribution < -0.4 is 5.32 Å². The molecule has 1 heterocycles. The van der Waals surface area contributed by atoms with Crippen molar-refractivity contribution in [2.45, 2.75) is 19.4 Å². The van der Waals surface area contributed by atoms with Crippen LogP contribution in [0.3, 0.4) is 0 Å². The first-order chi connectivity index (χ1) is 7.86. The van der Waals surface area contributed by atoms with Crippen LogP contribution >= 0.6 is 11.3 Å². The first kappa shape index (κ1) is 11.4. The Bertz CT molecular complexity index is 394. The van der Waals surface area contributed by atoms with E-state index in [0.29, 0.717) is 6.04 Å². The Labute approximate surface area is 101 Å². The number of hydrogen-bond acceptors (Lipinski definition) is 2. The number of thiophene rings is 1. The largest absolute Gasteiger partial charge is 0.310 e. The molecule has 2 heteroatoms. The normalized spacial score (nSPS) is 12.6. The molecule has 2 aromatic rings. The average Bonchev–Trinajstić information content (AvgIpc) is 2.83. The fourth-order valence-corrected chi connectivity index (χ4v) is 2.44. The summed E-state index contributed by atoms with van der Waals surface area (Å²) in [5.74, 6) is 0. The van der Waals surface area contributed by atoms with Gasteiger partial charge >= 0.3 is 0 Å². The second-order valence-corrected chi connectivity index (χ2v) is 4.95. The molecule has 0 fully saturated rings. The summed E-state index contributed by atoms with van der Waals surface area (Å²) in [6.45, 7) is 3.25. The SMILES string of the molecule is C[C@@H](NCCc1cccs1)c1ccccc1. The second kappa shape index (κ2) is 5.83. The third kappa shape index (κ3) is 3.19. The van der Waals surface area contributed by atoms with Gasteiger partial charge in [-0.25, -0.2) is 0 Å². The highest BCUT2D eigenvalue weighted by atomic mass is 32.1. The zero-order valence-corrected chi connectivity index (χ0v) is 10.3. The first-order valence-corrected chi connectivity index (χ1v) is 6.55. The van der Waals surface area contributed by atoms with Crippen LogP contribution in [0, 0.1) is 0 Å². The molecule has 0 amide bonds. The molecule has 1 aromatic carbocycles. The summed E-state index contributed by atoms with van der Waals surface area (Å²) in [6.07, 6.45) is 1.12. The monoisotopic (exact) mass is 231 g/mol. The van der Waals surface area contributed by atoms with Gasteiger partial charge in [-0.3, -0.25) is 0 Å². The fraction of sp³-hybridized carbons (Fsp3) is 0.286. The molecule has 1 N–H and O–H groups in total. The lowest BCUT2D eigenvalue weighted by Gasteiger charge is -2.13. The van der Waals surface area contributed by atoms with Crippen LogP contribution in [0.25, 0.3) is 0 Å². The topological polar surface area (TPSA) is 12.0 Å². The van der Waals surface area contributed by atoms with Crippen LogP contribution in [-0.4, -0.2) is 6.54 Å². The van der Waals surface area contributed by atoms with E-state index in [1.54, 1.807) is 0 Å². The van der Waals surface area contributed by atoms with Crippen LogP contribution in [-0.2, 0) is 6.42 Å². The molecule has 1 nitrogen and oxygen atoms in total. The van der Waals surface area contributed by atoms with Crippen LogP contribution in [0.2, 0.25) is 0 Å². The maximum Gasteiger partial charge on any atom is 0.0291 e. The van der Waals surface area contributed by atoms with Crippen molar-refractivity contribution in [1.29, 1.82) is 0 Å². The molecule has 0 radical (unpaired) electrons.